The van der Waals surface area contributed by atoms with Crippen molar-refractivity contribution in [3.05, 3.63) is 83.3 Å². The van der Waals surface area contributed by atoms with Gasteiger partial charge in [0.2, 0.25) is 5.88 Å². The van der Waals surface area contributed by atoms with Gasteiger partial charge in [0.15, 0.2) is 0 Å². The van der Waals surface area contributed by atoms with E-state index in [9.17, 15) is 18.0 Å². The van der Waals surface area contributed by atoms with Gasteiger partial charge in [-0.15, -0.1) is 0 Å². The lowest BCUT2D eigenvalue weighted by atomic mass is 10.1. The molecule has 0 saturated heterocycles. The Labute approximate surface area is 177 Å². The maximum atomic E-state index is 12.8. The molecule has 0 aliphatic heterocycles. The fraction of sp³-hybridized carbons (Fsp3) is 0.227. The molecule has 3 aromatic rings. The van der Waals surface area contributed by atoms with Crippen molar-refractivity contribution >= 4 is 6.03 Å². The number of nitrogens with zero attached hydrogens (tertiary/aromatic N) is 3. The SMILES string of the molecule is CCCOc1c/c(=N\C(=O)NCc2cccc(C(F)(F)F)c2)cnn1-c1ccccc1. The summed E-state index contributed by atoms with van der Waals surface area (Å²) in [6.45, 7) is 2.34. The minimum Gasteiger partial charge on any atom is -0.478 e. The highest BCUT2D eigenvalue weighted by atomic mass is 19.4. The first-order chi connectivity index (χ1) is 14.9. The minimum atomic E-state index is -4.44. The molecule has 2 amide bonds. The van der Waals surface area contributed by atoms with E-state index in [1.165, 1.54) is 18.3 Å². The Morgan fingerprint density at radius 2 is 1.90 bits per heavy atom. The van der Waals surface area contributed by atoms with Crippen LogP contribution < -0.4 is 15.4 Å². The van der Waals surface area contributed by atoms with Gasteiger partial charge in [0.05, 0.1) is 29.4 Å². The van der Waals surface area contributed by atoms with Gasteiger partial charge in [0, 0.05) is 12.6 Å². The van der Waals surface area contributed by atoms with Crippen molar-refractivity contribution in [3.63, 3.8) is 0 Å². The van der Waals surface area contributed by atoms with Crippen LogP contribution in [0.15, 0.2) is 71.9 Å². The summed E-state index contributed by atoms with van der Waals surface area (Å²) in [5.41, 5.74) is 0.333. The normalized spacial score (nSPS) is 11.9. The second kappa shape index (κ2) is 9.92. The third-order valence-electron chi connectivity index (χ3n) is 4.17. The molecule has 3 rings (SSSR count). The highest BCUT2D eigenvalue weighted by Crippen LogP contribution is 2.29. The molecule has 9 heteroatoms. The molecule has 0 bridgehead atoms. The molecule has 0 unspecified atom stereocenters. The van der Waals surface area contributed by atoms with E-state index in [4.69, 9.17) is 4.74 Å². The number of nitrogens with one attached hydrogen (secondary N) is 1. The number of hydrogen-bond donors (Lipinski definition) is 1. The summed E-state index contributed by atoms with van der Waals surface area (Å²) in [6, 6.07) is 15.0. The molecule has 0 atom stereocenters. The van der Waals surface area contributed by atoms with E-state index in [0.29, 0.717) is 18.1 Å². The molecule has 0 aliphatic carbocycles. The molecule has 31 heavy (non-hydrogen) atoms. The molecule has 1 aromatic heterocycles. The maximum absolute atomic E-state index is 12.8. The van der Waals surface area contributed by atoms with E-state index in [2.05, 4.69) is 15.4 Å². The highest BCUT2D eigenvalue weighted by Gasteiger charge is 2.30. The van der Waals surface area contributed by atoms with Gasteiger partial charge in [-0.2, -0.15) is 23.3 Å². The quantitative estimate of drug-likeness (QED) is 0.627. The number of carbonyl (C=O) groups is 1. The zero-order valence-electron chi connectivity index (χ0n) is 16.8. The molecule has 6 nitrogen and oxygen atoms in total. The van der Waals surface area contributed by atoms with Crippen molar-refractivity contribution < 1.29 is 22.7 Å². The van der Waals surface area contributed by atoms with E-state index in [1.807, 2.05) is 37.3 Å². The van der Waals surface area contributed by atoms with Crippen LogP contribution >= 0.6 is 0 Å². The van der Waals surface area contributed by atoms with E-state index in [-0.39, 0.29) is 11.9 Å². The predicted molar refractivity (Wildman–Crippen MR) is 109 cm³/mol. The third-order valence-corrected chi connectivity index (χ3v) is 4.17. The number of halogens is 3. The van der Waals surface area contributed by atoms with Crippen LogP contribution in [0, 0.1) is 0 Å². The molecule has 0 fully saturated rings. The van der Waals surface area contributed by atoms with E-state index < -0.39 is 17.8 Å². The molecular weight excluding hydrogens is 409 g/mol. The lowest BCUT2D eigenvalue weighted by Crippen LogP contribution is -2.23. The van der Waals surface area contributed by atoms with Gasteiger partial charge in [-0.05, 0) is 36.2 Å². The number of hydrogen-bond acceptors (Lipinski definition) is 3. The second-order valence-corrected chi connectivity index (χ2v) is 6.62. The molecule has 0 radical (unpaired) electrons. The number of benzene rings is 2. The summed E-state index contributed by atoms with van der Waals surface area (Å²) in [7, 11) is 0. The van der Waals surface area contributed by atoms with Gasteiger partial charge in [0.1, 0.15) is 0 Å². The summed E-state index contributed by atoms with van der Waals surface area (Å²) in [4.78, 5) is 16.1. The predicted octanol–water partition coefficient (Wildman–Crippen LogP) is 4.49. The molecule has 0 saturated carbocycles. The van der Waals surface area contributed by atoms with Crippen molar-refractivity contribution in [2.75, 3.05) is 6.61 Å². The van der Waals surface area contributed by atoms with Crippen LogP contribution in [-0.4, -0.2) is 22.4 Å². The van der Waals surface area contributed by atoms with Crippen LogP contribution in [-0.2, 0) is 12.7 Å². The molecule has 0 spiro atoms. The lowest BCUT2D eigenvalue weighted by Gasteiger charge is -2.12. The van der Waals surface area contributed by atoms with Crippen molar-refractivity contribution in [2.45, 2.75) is 26.1 Å². The van der Waals surface area contributed by atoms with Crippen LogP contribution in [0.25, 0.3) is 5.69 Å². The number of para-hydroxylation sites is 1. The zero-order valence-corrected chi connectivity index (χ0v) is 16.8. The average Bonchev–Trinajstić information content (AvgIpc) is 2.76. The fourth-order valence-electron chi connectivity index (χ4n) is 2.72. The van der Waals surface area contributed by atoms with Crippen LogP contribution in [0.3, 0.4) is 0 Å². The molecule has 162 valence electrons. The van der Waals surface area contributed by atoms with Gasteiger partial charge in [-0.3, -0.25) is 0 Å². The number of alkyl halides is 3. The Morgan fingerprint density at radius 1 is 1.13 bits per heavy atom. The third kappa shape index (κ3) is 6.18. The van der Waals surface area contributed by atoms with Gasteiger partial charge >= 0.3 is 12.2 Å². The molecule has 1 N–H and O–H groups in total. The van der Waals surface area contributed by atoms with Crippen molar-refractivity contribution in [2.24, 2.45) is 4.99 Å². The second-order valence-electron chi connectivity index (χ2n) is 6.62. The summed E-state index contributed by atoms with van der Waals surface area (Å²) >= 11 is 0. The highest BCUT2D eigenvalue weighted by molar-refractivity contribution is 5.74. The Hall–Kier alpha value is -3.62. The first kappa shape index (κ1) is 22.1. The average molecular weight is 430 g/mol. The number of aromatic nitrogens is 2. The molecule has 1 heterocycles. The maximum Gasteiger partial charge on any atom is 0.416 e. The smallest absolute Gasteiger partial charge is 0.416 e. The molecular formula is C22H21F3N4O2. The standard InChI is InChI=1S/C22H21F3N4O2/c1-2-11-31-20-13-18(15-27-29(20)19-9-4-3-5-10-19)28-21(30)26-14-16-7-6-8-17(12-16)22(23,24)25/h3-10,12-13,15H,2,11,14H2,1H3,(H,26,30)/b28-18+. The minimum absolute atomic E-state index is 0.0876. The summed E-state index contributed by atoms with van der Waals surface area (Å²) in [6.07, 6.45) is -2.24. The van der Waals surface area contributed by atoms with E-state index in [0.717, 1.165) is 24.2 Å². The van der Waals surface area contributed by atoms with Gasteiger partial charge < -0.3 is 10.1 Å². The number of ether oxygens (including phenoxy) is 1. The van der Waals surface area contributed by atoms with Crippen molar-refractivity contribution in [3.8, 4) is 11.6 Å². The number of carbonyl (C=O) groups excluding carboxylic acids is 1. The summed E-state index contributed by atoms with van der Waals surface area (Å²) < 4.78 is 45.8. The zero-order chi connectivity index (χ0) is 22.3. The van der Waals surface area contributed by atoms with Crippen molar-refractivity contribution in [1.29, 1.82) is 0 Å². The Kier molecular flexibility index (Phi) is 7.07. The van der Waals surface area contributed by atoms with Crippen LogP contribution in [0.4, 0.5) is 18.0 Å². The van der Waals surface area contributed by atoms with Crippen LogP contribution in [0.5, 0.6) is 5.88 Å². The molecule has 2 aromatic carbocycles. The monoisotopic (exact) mass is 430 g/mol. The Balaban J connectivity index is 1.77. The number of amides is 2. The lowest BCUT2D eigenvalue weighted by molar-refractivity contribution is -0.137. The first-order valence-corrected chi connectivity index (χ1v) is 9.63. The number of urea groups is 1. The van der Waals surface area contributed by atoms with E-state index >= 15 is 0 Å². The summed E-state index contributed by atoms with van der Waals surface area (Å²) in [5.74, 6) is 0.417. The van der Waals surface area contributed by atoms with E-state index in [1.54, 1.807) is 10.7 Å². The van der Waals surface area contributed by atoms with Crippen LogP contribution in [0.1, 0.15) is 24.5 Å². The van der Waals surface area contributed by atoms with Crippen molar-refractivity contribution in [1.82, 2.24) is 15.1 Å². The largest absolute Gasteiger partial charge is 0.478 e. The van der Waals surface area contributed by atoms with Gasteiger partial charge in [0.25, 0.3) is 0 Å². The summed E-state index contributed by atoms with van der Waals surface area (Å²) in [5, 5.41) is 7.06. The fourth-order valence-corrected chi connectivity index (χ4v) is 2.72. The number of rotatable bonds is 6. The van der Waals surface area contributed by atoms with Crippen LogP contribution in [0.2, 0.25) is 0 Å². The Bertz CT molecular complexity index is 1100. The van der Waals surface area contributed by atoms with Gasteiger partial charge in [-0.25, -0.2) is 9.48 Å². The topological polar surface area (TPSA) is 68.5 Å². The first-order valence-electron chi connectivity index (χ1n) is 9.63. The Morgan fingerprint density at radius 3 is 2.61 bits per heavy atom. The van der Waals surface area contributed by atoms with Gasteiger partial charge in [-0.1, -0.05) is 37.3 Å². The molecule has 0 aliphatic rings.